The molecule has 1 aliphatic heterocycles. The molecule has 3 aliphatic rings. The molecule has 6 heteroatoms. The molecule has 120 valence electrons. The average Bonchev–Trinajstić information content (AvgIpc) is 3.11. The molecule has 0 aromatic heterocycles. The first-order chi connectivity index (χ1) is 9.66. The fourth-order valence-corrected chi connectivity index (χ4v) is 4.26. The molecule has 4 unspecified atom stereocenters. The van der Waals surface area contributed by atoms with Crippen LogP contribution in [0.1, 0.15) is 38.5 Å². The van der Waals surface area contributed by atoms with E-state index in [0.717, 1.165) is 32.4 Å². The highest BCUT2D eigenvalue weighted by Gasteiger charge is 2.48. The average molecular weight is 316 g/mol. The van der Waals surface area contributed by atoms with Gasteiger partial charge in [0.25, 0.3) is 0 Å². The van der Waals surface area contributed by atoms with Crippen LogP contribution in [0.5, 0.6) is 0 Å². The van der Waals surface area contributed by atoms with Crippen molar-refractivity contribution >= 4 is 24.2 Å². The maximum Gasteiger partial charge on any atom is 0.224 e. The molecule has 0 aromatic carbocycles. The first kappa shape index (κ1) is 16.6. The number of rotatable bonds is 5. The van der Waals surface area contributed by atoms with Crippen molar-refractivity contribution in [1.29, 1.82) is 0 Å². The Bertz CT molecular complexity index is 402. The minimum atomic E-state index is 0. The number of hydrogen-bond acceptors (Lipinski definition) is 3. The zero-order valence-electron chi connectivity index (χ0n) is 12.4. The van der Waals surface area contributed by atoms with Crippen molar-refractivity contribution in [1.82, 2.24) is 10.2 Å². The molecule has 0 radical (unpaired) electrons. The van der Waals surface area contributed by atoms with Crippen molar-refractivity contribution in [2.75, 3.05) is 19.6 Å². The minimum absolute atomic E-state index is 0. The number of hydrogen-bond donors (Lipinski definition) is 2. The summed E-state index contributed by atoms with van der Waals surface area (Å²) < 4.78 is 0. The quantitative estimate of drug-likeness (QED) is 0.741. The Morgan fingerprint density at radius 2 is 2.10 bits per heavy atom. The highest BCUT2D eigenvalue weighted by molar-refractivity contribution is 5.85. The monoisotopic (exact) mass is 315 g/mol. The number of fused-ring (bicyclic) bond motifs is 2. The summed E-state index contributed by atoms with van der Waals surface area (Å²) in [6.45, 7) is 2.30. The van der Waals surface area contributed by atoms with E-state index in [1.807, 2.05) is 4.90 Å². The Kier molecular flexibility index (Phi) is 5.49. The highest BCUT2D eigenvalue weighted by Crippen LogP contribution is 2.47. The van der Waals surface area contributed by atoms with Gasteiger partial charge in [-0.15, -0.1) is 12.4 Å². The Balaban J connectivity index is 0.00000161. The fraction of sp³-hybridized carbons (Fsp3) is 0.867. The van der Waals surface area contributed by atoms with Gasteiger partial charge in [-0.25, -0.2) is 0 Å². The number of halogens is 1. The van der Waals surface area contributed by atoms with E-state index < -0.39 is 0 Å². The van der Waals surface area contributed by atoms with E-state index in [-0.39, 0.29) is 36.2 Å². The van der Waals surface area contributed by atoms with Crippen LogP contribution in [-0.4, -0.2) is 42.4 Å². The molecule has 2 aliphatic carbocycles. The number of nitrogens with two attached hydrogens (primary N) is 1. The Morgan fingerprint density at radius 3 is 2.71 bits per heavy atom. The summed E-state index contributed by atoms with van der Waals surface area (Å²) in [5.41, 5.74) is 6.17. The second kappa shape index (κ2) is 6.97. The lowest BCUT2D eigenvalue weighted by Crippen LogP contribution is -2.45. The van der Waals surface area contributed by atoms with Gasteiger partial charge in [-0.05, 0) is 43.9 Å². The van der Waals surface area contributed by atoms with Gasteiger partial charge in [0.05, 0.1) is 5.92 Å². The van der Waals surface area contributed by atoms with Crippen LogP contribution in [0.15, 0.2) is 0 Å². The zero-order valence-corrected chi connectivity index (χ0v) is 13.2. The summed E-state index contributed by atoms with van der Waals surface area (Å²) in [6.07, 6.45) is 6.01. The van der Waals surface area contributed by atoms with Crippen LogP contribution in [0.2, 0.25) is 0 Å². The number of carbonyl (C=O) groups excluding carboxylic acids is 2. The van der Waals surface area contributed by atoms with Gasteiger partial charge in [0.2, 0.25) is 11.8 Å². The van der Waals surface area contributed by atoms with Crippen LogP contribution < -0.4 is 11.1 Å². The van der Waals surface area contributed by atoms with Gasteiger partial charge in [-0.3, -0.25) is 9.59 Å². The highest BCUT2D eigenvalue weighted by atomic mass is 35.5. The number of nitrogens with one attached hydrogen (secondary N) is 1. The van der Waals surface area contributed by atoms with Crippen LogP contribution in [0.3, 0.4) is 0 Å². The molecule has 0 spiro atoms. The second-order valence-corrected chi connectivity index (χ2v) is 6.57. The lowest BCUT2D eigenvalue weighted by atomic mass is 9.84. The standard InChI is InChI=1S/C15H25N3O2.ClH/c16-14-11-5-4-10(9-11)13(14)15(20)17-6-2-8-18-7-1-3-12(18)19;/h10-11,13-14H,1-9,16H2,(H,17,20);1H. The van der Waals surface area contributed by atoms with Crippen molar-refractivity contribution < 1.29 is 9.59 Å². The summed E-state index contributed by atoms with van der Waals surface area (Å²) in [7, 11) is 0. The molecular formula is C15H26ClN3O2. The smallest absolute Gasteiger partial charge is 0.224 e. The largest absolute Gasteiger partial charge is 0.356 e. The van der Waals surface area contributed by atoms with Gasteiger partial charge in [-0.2, -0.15) is 0 Å². The summed E-state index contributed by atoms with van der Waals surface area (Å²) >= 11 is 0. The maximum absolute atomic E-state index is 12.2. The first-order valence-electron chi connectivity index (χ1n) is 7.98. The normalized spacial score (nSPS) is 34.1. The molecule has 0 aromatic rings. The van der Waals surface area contributed by atoms with Crippen LogP contribution in [0.4, 0.5) is 0 Å². The molecule has 4 atom stereocenters. The lowest BCUT2D eigenvalue weighted by molar-refractivity contribution is -0.127. The third-order valence-corrected chi connectivity index (χ3v) is 5.36. The Labute approximate surface area is 132 Å². The number of nitrogens with zero attached hydrogens (tertiary/aromatic N) is 1. The van der Waals surface area contributed by atoms with Crippen molar-refractivity contribution in [3.63, 3.8) is 0 Å². The van der Waals surface area contributed by atoms with E-state index in [1.54, 1.807) is 0 Å². The van der Waals surface area contributed by atoms with Crippen LogP contribution in [-0.2, 0) is 9.59 Å². The van der Waals surface area contributed by atoms with Gasteiger partial charge in [0.1, 0.15) is 0 Å². The molecule has 1 saturated heterocycles. The predicted molar refractivity (Wildman–Crippen MR) is 83.0 cm³/mol. The van der Waals surface area contributed by atoms with Gasteiger partial charge < -0.3 is 16.0 Å². The Hall–Kier alpha value is -0.810. The fourth-order valence-electron chi connectivity index (χ4n) is 4.26. The molecule has 3 rings (SSSR count). The minimum Gasteiger partial charge on any atom is -0.356 e. The molecule has 1 heterocycles. The van der Waals surface area contributed by atoms with Crippen molar-refractivity contribution in [2.45, 2.75) is 44.6 Å². The second-order valence-electron chi connectivity index (χ2n) is 6.57. The Morgan fingerprint density at radius 1 is 1.33 bits per heavy atom. The third-order valence-electron chi connectivity index (χ3n) is 5.36. The van der Waals surface area contributed by atoms with Crippen molar-refractivity contribution in [2.24, 2.45) is 23.5 Å². The molecule has 21 heavy (non-hydrogen) atoms. The SMILES string of the molecule is Cl.NC1C2CCC(C2)C1C(=O)NCCCN1CCCC1=O. The van der Waals surface area contributed by atoms with E-state index >= 15 is 0 Å². The summed E-state index contributed by atoms with van der Waals surface area (Å²) in [4.78, 5) is 25.6. The summed E-state index contributed by atoms with van der Waals surface area (Å²) in [5, 5.41) is 3.02. The topological polar surface area (TPSA) is 75.4 Å². The summed E-state index contributed by atoms with van der Waals surface area (Å²) in [5.74, 6) is 1.50. The molecule has 2 amide bonds. The van der Waals surface area contributed by atoms with Gasteiger partial charge in [0, 0.05) is 32.1 Å². The van der Waals surface area contributed by atoms with Gasteiger partial charge in [-0.1, -0.05) is 0 Å². The van der Waals surface area contributed by atoms with E-state index in [2.05, 4.69) is 5.32 Å². The zero-order chi connectivity index (χ0) is 14.1. The number of amides is 2. The lowest BCUT2D eigenvalue weighted by Gasteiger charge is -2.27. The van der Waals surface area contributed by atoms with Crippen LogP contribution in [0.25, 0.3) is 0 Å². The van der Waals surface area contributed by atoms with E-state index in [0.29, 0.717) is 24.8 Å². The predicted octanol–water partition coefficient (Wildman–Crippen LogP) is 0.910. The number of carbonyl (C=O) groups is 2. The molecule has 3 fully saturated rings. The molecule has 2 bridgehead atoms. The molecule has 5 nitrogen and oxygen atoms in total. The molecule has 3 N–H and O–H groups in total. The van der Waals surface area contributed by atoms with Gasteiger partial charge in [0.15, 0.2) is 0 Å². The van der Waals surface area contributed by atoms with Gasteiger partial charge >= 0.3 is 0 Å². The third kappa shape index (κ3) is 3.34. The first-order valence-corrected chi connectivity index (χ1v) is 7.98. The van der Waals surface area contributed by atoms with E-state index in [9.17, 15) is 9.59 Å². The molecule has 2 saturated carbocycles. The van der Waals surface area contributed by atoms with E-state index in [4.69, 9.17) is 5.73 Å². The molecular weight excluding hydrogens is 290 g/mol. The summed E-state index contributed by atoms with van der Waals surface area (Å²) in [6, 6.07) is 0.0638. The van der Waals surface area contributed by atoms with Crippen LogP contribution >= 0.6 is 12.4 Å². The van der Waals surface area contributed by atoms with Crippen molar-refractivity contribution in [3.8, 4) is 0 Å². The van der Waals surface area contributed by atoms with Crippen molar-refractivity contribution in [3.05, 3.63) is 0 Å². The maximum atomic E-state index is 12.2. The van der Waals surface area contributed by atoms with E-state index in [1.165, 1.54) is 12.8 Å². The van der Waals surface area contributed by atoms with Crippen LogP contribution in [0, 0.1) is 17.8 Å². The number of likely N-dealkylation sites (tertiary alicyclic amines) is 1.